The van der Waals surface area contributed by atoms with Crippen molar-refractivity contribution < 1.29 is 0 Å². The largest absolute Gasteiger partial charge is 0.379 e. The molecule has 0 amide bonds. The van der Waals surface area contributed by atoms with Gasteiger partial charge in [-0.2, -0.15) is 20.1 Å². The number of nitrogens with one attached hydrogen (secondary N) is 1. The summed E-state index contributed by atoms with van der Waals surface area (Å²) in [6.07, 6.45) is 3.48. The SMILES string of the molecule is Cc1cc(C)cc(-n2ncc(CNc3cccc(-c4ncn(C)n4)c3)n2)c1. The van der Waals surface area contributed by atoms with Gasteiger partial charge < -0.3 is 5.32 Å². The second-order valence-electron chi connectivity index (χ2n) is 6.65. The van der Waals surface area contributed by atoms with Crippen molar-refractivity contribution in [3.8, 4) is 17.1 Å². The first kappa shape index (κ1) is 17.0. The molecule has 0 aliphatic heterocycles. The highest BCUT2D eigenvalue weighted by molar-refractivity contribution is 5.62. The van der Waals surface area contributed by atoms with E-state index in [-0.39, 0.29) is 0 Å². The fraction of sp³-hybridized carbons (Fsp3) is 0.200. The summed E-state index contributed by atoms with van der Waals surface area (Å²) < 4.78 is 1.70. The Hall–Kier alpha value is -3.48. The number of nitrogens with zero attached hydrogens (tertiary/aromatic N) is 6. The minimum absolute atomic E-state index is 0.587. The highest BCUT2D eigenvalue weighted by Crippen LogP contribution is 2.19. The lowest BCUT2D eigenvalue weighted by Gasteiger charge is -2.06. The minimum atomic E-state index is 0.587. The molecule has 4 rings (SSSR count). The van der Waals surface area contributed by atoms with Gasteiger partial charge in [-0.15, -0.1) is 0 Å². The monoisotopic (exact) mass is 359 g/mol. The van der Waals surface area contributed by atoms with Gasteiger partial charge in [0.1, 0.15) is 12.0 Å². The van der Waals surface area contributed by atoms with Gasteiger partial charge in [-0.1, -0.05) is 18.2 Å². The minimum Gasteiger partial charge on any atom is -0.379 e. The molecule has 0 saturated heterocycles. The first-order chi connectivity index (χ1) is 13.1. The van der Waals surface area contributed by atoms with Crippen LogP contribution in [0.15, 0.2) is 55.0 Å². The van der Waals surface area contributed by atoms with Crippen molar-refractivity contribution in [3.63, 3.8) is 0 Å². The number of aryl methyl sites for hydroxylation is 3. The molecule has 136 valence electrons. The molecule has 7 nitrogen and oxygen atoms in total. The Kier molecular flexibility index (Phi) is 4.42. The van der Waals surface area contributed by atoms with E-state index in [1.807, 2.05) is 31.3 Å². The molecule has 27 heavy (non-hydrogen) atoms. The van der Waals surface area contributed by atoms with Crippen molar-refractivity contribution in [1.82, 2.24) is 29.8 Å². The summed E-state index contributed by atoms with van der Waals surface area (Å²) in [6, 6.07) is 14.3. The number of hydrogen-bond donors (Lipinski definition) is 1. The highest BCUT2D eigenvalue weighted by atomic mass is 15.5. The van der Waals surface area contributed by atoms with Gasteiger partial charge in [-0.05, 0) is 49.2 Å². The average molecular weight is 359 g/mol. The van der Waals surface area contributed by atoms with E-state index in [0.29, 0.717) is 12.4 Å². The van der Waals surface area contributed by atoms with Gasteiger partial charge in [0.15, 0.2) is 5.82 Å². The molecule has 0 aliphatic carbocycles. The topological polar surface area (TPSA) is 73.5 Å². The lowest BCUT2D eigenvalue weighted by atomic mass is 10.1. The predicted octanol–water partition coefficient (Wildman–Crippen LogP) is 3.29. The maximum absolute atomic E-state index is 4.58. The van der Waals surface area contributed by atoms with Gasteiger partial charge in [-0.25, -0.2) is 4.98 Å². The third-order valence-electron chi connectivity index (χ3n) is 4.17. The van der Waals surface area contributed by atoms with Crippen LogP contribution in [0.25, 0.3) is 17.1 Å². The van der Waals surface area contributed by atoms with Crippen LogP contribution in [0, 0.1) is 13.8 Å². The summed E-state index contributed by atoms with van der Waals surface area (Å²) in [5.74, 6) is 0.710. The van der Waals surface area contributed by atoms with Gasteiger partial charge in [0.2, 0.25) is 0 Å². The molecular formula is C20H21N7. The van der Waals surface area contributed by atoms with Crippen LogP contribution in [0.4, 0.5) is 5.69 Å². The lowest BCUT2D eigenvalue weighted by Crippen LogP contribution is -2.03. The molecule has 2 heterocycles. The van der Waals surface area contributed by atoms with Crippen LogP contribution in [-0.2, 0) is 13.6 Å². The molecule has 0 radical (unpaired) electrons. The fourth-order valence-corrected chi connectivity index (χ4v) is 3.00. The summed E-state index contributed by atoms with van der Waals surface area (Å²) in [5.41, 5.74) is 6.20. The van der Waals surface area contributed by atoms with E-state index in [1.54, 1.807) is 22.0 Å². The Bertz CT molecular complexity index is 1060. The molecule has 4 aromatic rings. The first-order valence-electron chi connectivity index (χ1n) is 8.77. The highest BCUT2D eigenvalue weighted by Gasteiger charge is 2.06. The van der Waals surface area contributed by atoms with Crippen molar-refractivity contribution in [1.29, 1.82) is 0 Å². The number of benzene rings is 2. The first-order valence-corrected chi connectivity index (χ1v) is 8.77. The van der Waals surface area contributed by atoms with Gasteiger partial charge in [0, 0.05) is 18.3 Å². The van der Waals surface area contributed by atoms with Crippen LogP contribution in [0.2, 0.25) is 0 Å². The number of aromatic nitrogens is 6. The third kappa shape index (κ3) is 3.87. The lowest BCUT2D eigenvalue weighted by molar-refractivity contribution is 0.739. The zero-order chi connectivity index (χ0) is 18.8. The van der Waals surface area contributed by atoms with Crippen molar-refractivity contribution in [3.05, 3.63) is 71.8 Å². The standard InChI is InChI=1S/C20H21N7/c1-14-7-15(2)9-19(8-14)27-23-12-18(24-27)11-21-17-6-4-5-16(10-17)20-22-13-26(3)25-20/h4-10,12-13,21H,11H2,1-3H3. The molecule has 2 aromatic carbocycles. The second-order valence-corrected chi connectivity index (χ2v) is 6.65. The van der Waals surface area contributed by atoms with Gasteiger partial charge >= 0.3 is 0 Å². The molecule has 0 atom stereocenters. The molecular weight excluding hydrogens is 338 g/mol. The van der Waals surface area contributed by atoms with Gasteiger partial charge in [0.05, 0.1) is 18.4 Å². The van der Waals surface area contributed by atoms with Crippen LogP contribution in [0.1, 0.15) is 16.8 Å². The average Bonchev–Trinajstić information content (AvgIpc) is 3.28. The van der Waals surface area contributed by atoms with Crippen molar-refractivity contribution in [2.75, 3.05) is 5.32 Å². The maximum Gasteiger partial charge on any atom is 0.181 e. The zero-order valence-corrected chi connectivity index (χ0v) is 15.6. The molecule has 0 bridgehead atoms. The van der Waals surface area contributed by atoms with E-state index >= 15 is 0 Å². The van der Waals surface area contributed by atoms with E-state index in [1.165, 1.54) is 11.1 Å². The summed E-state index contributed by atoms with van der Waals surface area (Å²) in [6.45, 7) is 4.74. The molecule has 7 heteroatoms. The van der Waals surface area contributed by atoms with Gasteiger partial charge in [-0.3, -0.25) is 4.68 Å². The third-order valence-corrected chi connectivity index (χ3v) is 4.17. The second kappa shape index (κ2) is 7.03. The van der Waals surface area contributed by atoms with Crippen LogP contribution in [-0.4, -0.2) is 29.8 Å². The Morgan fingerprint density at radius 2 is 1.81 bits per heavy atom. The van der Waals surface area contributed by atoms with E-state index in [9.17, 15) is 0 Å². The fourth-order valence-electron chi connectivity index (χ4n) is 3.00. The van der Waals surface area contributed by atoms with Crippen LogP contribution >= 0.6 is 0 Å². The molecule has 1 N–H and O–H groups in total. The Morgan fingerprint density at radius 1 is 1.00 bits per heavy atom. The molecule has 0 unspecified atom stereocenters. The number of hydrogen-bond acceptors (Lipinski definition) is 5. The summed E-state index contributed by atoms with van der Waals surface area (Å²) in [7, 11) is 1.86. The molecule has 2 aromatic heterocycles. The van der Waals surface area contributed by atoms with Crippen LogP contribution in [0.5, 0.6) is 0 Å². The van der Waals surface area contributed by atoms with E-state index < -0.39 is 0 Å². The molecule has 0 spiro atoms. The van der Waals surface area contributed by atoms with Crippen LogP contribution < -0.4 is 5.32 Å². The maximum atomic E-state index is 4.58. The quantitative estimate of drug-likeness (QED) is 0.592. The van der Waals surface area contributed by atoms with Crippen LogP contribution in [0.3, 0.4) is 0 Å². The Morgan fingerprint density at radius 3 is 2.56 bits per heavy atom. The molecule has 0 saturated carbocycles. The van der Waals surface area contributed by atoms with Crippen molar-refractivity contribution in [2.24, 2.45) is 7.05 Å². The summed E-state index contributed by atoms with van der Waals surface area (Å²) in [4.78, 5) is 5.97. The number of rotatable bonds is 5. The zero-order valence-electron chi connectivity index (χ0n) is 15.6. The number of anilines is 1. The smallest absolute Gasteiger partial charge is 0.181 e. The molecule has 0 aliphatic rings. The van der Waals surface area contributed by atoms with Gasteiger partial charge in [0.25, 0.3) is 0 Å². The Balaban J connectivity index is 1.47. The van der Waals surface area contributed by atoms with E-state index in [4.69, 9.17) is 0 Å². The normalized spacial score (nSPS) is 10.9. The molecule has 0 fully saturated rings. The summed E-state index contributed by atoms with van der Waals surface area (Å²) in [5, 5.41) is 16.7. The van der Waals surface area contributed by atoms with Crippen molar-refractivity contribution >= 4 is 5.69 Å². The van der Waals surface area contributed by atoms with Crippen molar-refractivity contribution in [2.45, 2.75) is 20.4 Å². The van der Waals surface area contributed by atoms with E-state index in [2.05, 4.69) is 57.6 Å². The van der Waals surface area contributed by atoms with E-state index in [0.717, 1.165) is 22.6 Å². The summed E-state index contributed by atoms with van der Waals surface area (Å²) >= 11 is 0. The predicted molar refractivity (Wildman–Crippen MR) is 105 cm³/mol. The Labute approximate surface area is 157 Å².